The minimum Gasteiger partial charge on any atom is -0.324 e. The zero-order valence-corrected chi connectivity index (χ0v) is 20.4. The number of hydrazone groups is 1. The predicted octanol–water partition coefficient (Wildman–Crippen LogP) is 6.74. The summed E-state index contributed by atoms with van der Waals surface area (Å²) in [5, 5.41) is 9.69. The maximum absolute atomic E-state index is 13.0. The maximum atomic E-state index is 13.0. The van der Waals surface area contributed by atoms with Gasteiger partial charge in [-0.1, -0.05) is 70.0 Å². The van der Waals surface area contributed by atoms with Gasteiger partial charge in [-0.15, -0.1) is 0 Å². The predicted molar refractivity (Wildman–Crippen MR) is 131 cm³/mol. The van der Waals surface area contributed by atoms with E-state index in [2.05, 4.69) is 28.2 Å². The Labute approximate surface area is 208 Å². The Morgan fingerprint density at radius 2 is 1.79 bits per heavy atom. The lowest BCUT2D eigenvalue weighted by Crippen LogP contribution is -2.38. The van der Waals surface area contributed by atoms with Crippen LogP contribution in [0.15, 0.2) is 82.4 Å². The average Bonchev–Trinajstić information content (AvgIpc) is 3.11. The van der Waals surface area contributed by atoms with Gasteiger partial charge >= 0.3 is 6.18 Å². The summed E-state index contributed by atoms with van der Waals surface area (Å²) in [6.45, 7) is 2.47. The van der Waals surface area contributed by atoms with E-state index >= 15 is 0 Å². The van der Waals surface area contributed by atoms with Gasteiger partial charge in [-0.05, 0) is 48.4 Å². The van der Waals surface area contributed by atoms with Crippen LogP contribution in [0, 0.1) is 0 Å². The van der Waals surface area contributed by atoms with Crippen molar-refractivity contribution < 1.29 is 18.0 Å². The van der Waals surface area contributed by atoms with E-state index < -0.39 is 17.2 Å². The van der Waals surface area contributed by atoms with Crippen molar-refractivity contribution in [2.45, 2.75) is 18.5 Å². The molecule has 1 amide bonds. The van der Waals surface area contributed by atoms with Gasteiger partial charge in [0.1, 0.15) is 6.54 Å². The van der Waals surface area contributed by atoms with Crippen LogP contribution >= 0.6 is 27.5 Å². The quantitative estimate of drug-likeness (QED) is 0.383. The first-order valence-corrected chi connectivity index (χ1v) is 11.6. The van der Waals surface area contributed by atoms with Crippen LogP contribution in [0.1, 0.15) is 23.6 Å². The molecule has 0 aromatic heterocycles. The number of hydrogen-bond acceptors (Lipinski definition) is 3. The topological polar surface area (TPSA) is 44.7 Å². The molecular formula is C25H20BrClF3N3O. The molecule has 0 aliphatic carbocycles. The SMILES string of the molecule is CC1(c2ccccc2)CN(CC(=O)Nc2ccc(C(F)(F)F)c(Br)c2)N=C1c1ccc(Cl)cc1. The number of halogens is 5. The van der Waals surface area contributed by atoms with E-state index in [1.54, 1.807) is 17.1 Å². The Hall–Kier alpha value is -2.84. The van der Waals surface area contributed by atoms with Crippen molar-refractivity contribution in [3.8, 4) is 0 Å². The molecule has 1 aliphatic heterocycles. The molecule has 1 N–H and O–H groups in total. The number of benzene rings is 3. The summed E-state index contributed by atoms with van der Waals surface area (Å²) in [6, 6.07) is 20.7. The van der Waals surface area contributed by atoms with Crippen molar-refractivity contribution in [2.24, 2.45) is 5.10 Å². The zero-order valence-electron chi connectivity index (χ0n) is 18.0. The monoisotopic (exact) mass is 549 g/mol. The van der Waals surface area contributed by atoms with Gasteiger partial charge < -0.3 is 5.32 Å². The van der Waals surface area contributed by atoms with E-state index in [4.69, 9.17) is 16.7 Å². The first-order valence-electron chi connectivity index (χ1n) is 10.4. The van der Waals surface area contributed by atoms with Crippen molar-refractivity contribution in [1.29, 1.82) is 0 Å². The van der Waals surface area contributed by atoms with Crippen LogP contribution < -0.4 is 5.32 Å². The number of amides is 1. The molecule has 1 aliphatic rings. The fraction of sp³-hybridized carbons (Fsp3) is 0.200. The normalized spacial score (nSPS) is 18.1. The molecule has 0 saturated carbocycles. The van der Waals surface area contributed by atoms with Crippen LogP contribution in [0.3, 0.4) is 0 Å². The second kappa shape index (κ2) is 9.43. The smallest absolute Gasteiger partial charge is 0.324 e. The van der Waals surface area contributed by atoms with E-state index in [1.807, 2.05) is 42.5 Å². The standard InChI is InChI=1S/C25H20BrClF3N3O/c1-24(17-5-3-2-4-6-17)15-33(32-23(24)16-7-9-18(27)10-8-16)14-22(34)31-19-11-12-20(21(26)13-19)25(28,29)30/h2-13H,14-15H2,1H3,(H,31,34). The molecule has 1 unspecified atom stereocenters. The van der Waals surface area contributed by atoms with E-state index in [-0.39, 0.29) is 22.6 Å². The van der Waals surface area contributed by atoms with Gasteiger partial charge in [0.15, 0.2) is 0 Å². The van der Waals surface area contributed by atoms with Gasteiger partial charge in [0, 0.05) is 15.2 Å². The molecule has 0 radical (unpaired) electrons. The van der Waals surface area contributed by atoms with Crippen molar-refractivity contribution >= 4 is 44.8 Å². The molecule has 3 aromatic rings. The average molecular weight is 551 g/mol. The number of anilines is 1. The molecule has 176 valence electrons. The van der Waals surface area contributed by atoms with Crippen LogP contribution in [0.5, 0.6) is 0 Å². The number of hydrogen-bond donors (Lipinski definition) is 1. The highest BCUT2D eigenvalue weighted by Crippen LogP contribution is 2.37. The first kappa shape index (κ1) is 24.3. The Morgan fingerprint density at radius 1 is 1.12 bits per heavy atom. The molecule has 0 bridgehead atoms. The van der Waals surface area contributed by atoms with Gasteiger partial charge in [-0.2, -0.15) is 18.3 Å². The van der Waals surface area contributed by atoms with Crippen LogP contribution in [0.25, 0.3) is 0 Å². The molecule has 1 heterocycles. The molecule has 4 rings (SSSR count). The Bertz CT molecular complexity index is 1230. The van der Waals surface area contributed by atoms with Gasteiger partial charge in [-0.25, -0.2) is 0 Å². The van der Waals surface area contributed by atoms with E-state index in [9.17, 15) is 18.0 Å². The lowest BCUT2D eigenvalue weighted by Gasteiger charge is -2.27. The Balaban J connectivity index is 1.56. The first-order chi connectivity index (χ1) is 16.1. The summed E-state index contributed by atoms with van der Waals surface area (Å²) in [7, 11) is 0. The number of alkyl halides is 3. The summed E-state index contributed by atoms with van der Waals surface area (Å²) in [5.41, 5.74) is 1.73. The lowest BCUT2D eigenvalue weighted by atomic mass is 9.76. The molecule has 0 spiro atoms. The minimum absolute atomic E-state index is 0.0574. The fourth-order valence-electron chi connectivity index (χ4n) is 4.03. The highest BCUT2D eigenvalue weighted by Gasteiger charge is 2.41. The largest absolute Gasteiger partial charge is 0.417 e. The third-order valence-electron chi connectivity index (χ3n) is 5.68. The molecule has 34 heavy (non-hydrogen) atoms. The molecular weight excluding hydrogens is 531 g/mol. The maximum Gasteiger partial charge on any atom is 0.417 e. The number of nitrogens with zero attached hydrogens (tertiary/aromatic N) is 2. The second-order valence-corrected chi connectivity index (χ2v) is 9.51. The van der Waals surface area contributed by atoms with Crippen molar-refractivity contribution in [3.05, 3.63) is 99.0 Å². The van der Waals surface area contributed by atoms with E-state index in [0.717, 1.165) is 22.9 Å². The molecule has 9 heteroatoms. The fourth-order valence-corrected chi connectivity index (χ4v) is 4.75. The zero-order chi connectivity index (χ0) is 24.5. The van der Waals surface area contributed by atoms with Crippen LogP contribution in [-0.4, -0.2) is 29.7 Å². The molecule has 4 nitrogen and oxygen atoms in total. The van der Waals surface area contributed by atoms with Crippen LogP contribution in [0.4, 0.5) is 18.9 Å². The summed E-state index contributed by atoms with van der Waals surface area (Å²) in [6.07, 6.45) is -4.48. The second-order valence-electron chi connectivity index (χ2n) is 8.22. The van der Waals surface area contributed by atoms with Crippen molar-refractivity contribution in [2.75, 3.05) is 18.4 Å². The van der Waals surface area contributed by atoms with Gasteiger partial charge in [0.2, 0.25) is 5.91 Å². The summed E-state index contributed by atoms with van der Waals surface area (Å²) < 4.78 is 38.8. The number of nitrogens with one attached hydrogen (secondary N) is 1. The van der Waals surface area contributed by atoms with Crippen LogP contribution in [0.2, 0.25) is 5.02 Å². The summed E-state index contributed by atoms with van der Waals surface area (Å²) in [4.78, 5) is 12.7. The summed E-state index contributed by atoms with van der Waals surface area (Å²) >= 11 is 8.99. The van der Waals surface area contributed by atoms with Crippen molar-refractivity contribution in [1.82, 2.24) is 5.01 Å². The van der Waals surface area contributed by atoms with Crippen LogP contribution in [-0.2, 0) is 16.4 Å². The number of carbonyl (C=O) groups is 1. The molecule has 3 aromatic carbocycles. The number of rotatable bonds is 5. The van der Waals surface area contributed by atoms with E-state index in [1.165, 1.54) is 12.1 Å². The van der Waals surface area contributed by atoms with Gasteiger partial charge in [-0.3, -0.25) is 9.80 Å². The third-order valence-corrected chi connectivity index (χ3v) is 6.58. The minimum atomic E-state index is -4.48. The van der Waals surface area contributed by atoms with Gasteiger partial charge in [0.05, 0.1) is 23.2 Å². The highest BCUT2D eigenvalue weighted by molar-refractivity contribution is 9.10. The summed E-state index contributed by atoms with van der Waals surface area (Å²) in [5.74, 6) is -0.386. The van der Waals surface area contributed by atoms with E-state index in [0.29, 0.717) is 11.6 Å². The van der Waals surface area contributed by atoms with Crippen molar-refractivity contribution in [3.63, 3.8) is 0 Å². The Kier molecular flexibility index (Phi) is 6.73. The number of carbonyl (C=O) groups excluding carboxylic acids is 1. The van der Waals surface area contributed by atoms with Gasteiger partial charge in [0.25, 0.3) is 0 Å². The lowest BCUT2D eigenvalue weighted by molar-refractivity contribution is -0.138. The highest BCUT2D eigenvalue weighted by atomic mass is 79.9. The molecule has 1 atom stereocenters. The Morgan fingerprint density at radius 3 is 2.41 bits per heavy atom. The molecule has 0 fully saturated rings. The molecule has 0 saturated heterocycles. The third kappa shape index (κ3) is 5.13.